The normalized spacial score (nSPS) is 15.9. The molecule has 2 N–H and O–H groups in total. The maximum atomic E-state index is 13.2. The highest BCUT2D eigenvalue weighted by Crippen LogP contribution is 2.20. The smallest absolute Gasteiger partial charge is 0.258 e. The average molecular weight is 416 g/mol. The van der Waals surface area contributed by atoms with Crippen LogP contribution in [-0.2, 0) is 6.54 Å². The van der Waals surface area contributed by atoms with E-state index in [0.29, 0.717) is 6.54 Å². The number of pyridine rings is 1. The van der Waals surface area contributed by atoms with E-state index in [1.54, 1.807) is 0 Å². The predicted octanol–water partition coefficient (Wildman–Crippen LogP) is 2.03. The molecule has 4 aromatic rings. The fourth-order valence-corrected chi connectivity index (χ4v) is 4.67. The Balaban J connectivity index is 1.62. The summed E-state index contributed by atoms with van der Waals surface area (Å²) in [6, 6.07) is 18.2. The lowest BCUT2D eigenvalue weighted by molar-refractivity contribution is -0.931. The van der Waals surface area contributed by atoms with E-state index in [-0.39, 0.29) is 11.6 Å². The molecule has 1 aliphatic rings. The molecular weight excluding hydrogens is 388 g/mol. The highest BCUT2D eigenvalue weighted by atomic mass is 16.1. The van der Waals surface area contributed by atoms with E-state index in [4.69, 9.17) is 0 Å². The van der Waals surface area contributed by atoms with Gasteiger partial charge in [-0.3, -0.25) is 4.79 Å². The van der Waals surface area contributed by atoms with Crippen molar-refractivity contribution < 1.29 is 4.90 Å². The number of tetrazole rings is 1. The highest BCUT2D eigenvalue weighted by molar-refractivity contribution is 5.79. The molecular formula is C24H27N6O+. The fraction of sp³-hybridized carbons (Fsp3) is 0.333. The molecule has 0 saturated carbocycles. The first-order chi connectivity index (χ1) is 15.2. The number of rotatable bonds is 5. The largest absolute Gasteiger partial charge is 0.322 e. The maximum Gasteiger partial charge on any atom is 0.258 e. The summed E-state index contributed by atoms with van der Waals surface area (Å²) in [5.41, 5.74) is 3.80. The summed E-state index contributed by atoms with van der Waals surface area (Å²) in [6.45, 7) is 4.63. The molecule has 0 spiro atoms. The molecule has 31 heavy (non-hydrogen) atoms. The monoisotopic (exact) mass is 415 g/mol. The van der Waals surface area contributed by atoms with Crippen LogP contribution in [0, 0.1) is 6.92 Å². The molecule has 1 atom stereocenters. The van der Waals surface area contributed by atoms with Gasteiger partial charge in [0.05, 0.1) is 25.2 Å². The van der Waals surface area contributed by atoms with E-state index in [0.717, 1.165) is 59.3 Å². The van der Waals surface area contributed by atoms with Gasteiger partial charge in [-0.15, -0.1) is 5.10 Å². The summed E-state index contributed by atoms with van der Waals surface area (Å²) >= 11 is 0. The summed E-state index contributed by atoms with van der Waals surface area (Å²) < 4.78 is 1.85. The SMILES string of the molecule is Cc1ccc2cc([C@@H](c3nnnn3Cc3ccccc3)[NH+]3CCCCC3)c(=O)[nH]c2c1. The maximum absolute atomic E-state index is 13.2. The zero-order chi connectivity index (χ0) is 21.2. The molecule has 0 unspecified atom stereocenters. The van der Waals surface area contributed by atoms with E-state index in [1.807, 2.05) is 41.9 Å². The van der Waals surface area contributed by atoms with Gasteiger partial charge < -0.3 is 9.88 Å². The Morgan fingerprint density at radius 2 is 1.87 bits per heavy atom. The Bertz CT molecular complexity index is 1240. The zero-order valence-corrected chi connectivity index (χ0v) is 17.7. The second-order valence-electron chi connectivity index (χ2n) is 8.48. The molecule has 5 rings (SSSR count). The van der Waals surface area contributed by atoms with Crippen molar-refractivity contribution in [3.8, 4) is 0 Å². The topological polar surface area (TPSA) is 80.9 Å². The zero-order valence-electron chi connectivity index (χ0n) is 17.7. The number of benzene rings is 2. The van der Waals surface area contributed by atoms with Crippen molar-refractivity contribution >= 4 is 10.9 Å². The van der Waals surface area contributed by atoms with Crippen LogP contribution < -0.4 is 10.5 Å². The van der Waals surface area contributed by atoms with Crippen molar-refractivity contribution in [2.24, 2.45) is 0 Å². The number of aromatic amines is 1. The van der Waals surface area contributed by atoms with E-state index in [1.165, 1.54) is 11.3 Å². The number of nitrogens with zero attached hydrogens (tertiary/aromatic N) is 4. The van der Waals surface area contributed by atoms with Crippen LogP contribution >= 0.6 is 0 Å². The summed E-state index contributed by atoms with van der Waals surface area (Å²) in [7, 11) is 0. The second-order valence-corrected chi connectivity index (χ2v) is 8.48. The lowest BCUT2D eigenvalue weighted by atomic mass is 10.00. The molecule has 1 saturated heterocycles. The minimum absolute atomic E-state index is 0.0598. The number of aromatic nitrogens is 5. The summed E-state index contributed by atoms with van der Waals surface area (Å²) in [6.07, 6.45) is 3.53. The molecule has 1 aliphatic heterocycles. The number of piperidine rings is 1. The minimum Gasteiger partial charge on any atom is -0.322 e. The number of hydrogen-bond acceptors (Lipinski definition) is 4. The van der Waals surface area contributed by atoms with Crippen LogP contribution in [0.3, 0.4) is 0 Å². The number of hydrogen-bond donors (Lipinski definition) is 2. The first-order valence-electron chi connectivity index (χ1n) is 11.0. The van der Waals surface area contributed by atoms with Gasteiger partial charge in [-0.1, -0.05) is 42.5 Å². The van der Waals surface area contributed by atoms with Gasteiger partial charge in [0.1, 0.15) is 0 Å². The quantitative estimate of drug-likeness (QED) is 0.523. The van der Waals surface area contributed by atoms with Gasteiger partial charge in [0.15, 0.2) is 6.04 Å². The average Bonchev–Trinajstić information content (AvgIpc) is 3.23. The van der Waals surface area contributed by atoms with Crippen LogP contribution in [0.15, 0.2) is 59.4 Å². The van der Waals surface area contributed by atoms with Crippen LogP contribution in [0.25, 0.3) is 10.9 Å². The van der Waals surface area contributed by atoms with Gasteiger partial charge in [-0.2, -0.15) is 0 Å². The molecule has 0 amide bonds. The molecule has 2 aromatic heterocycles. The first-order valence-corrected chi connectivity index (χ1v) is 11.0. The third kappa shape index (κ3) is 4.01. The number of quaternary nitrogens is 1. The number of H-pyrrole nitrogens is 1. The number of likely N-dealkylation sites (tertiary alicyclic amines) is 1. The van der Waals surface area contributed by atoms with Crippen molar-refractivity contribution in [3.05, 3.63) is 87.5 Å². The highest BCUT2D eigenvalue weighted by Gasteiger charge is 2.34. The molecule has 0 bridgehead atoms. The molecule has 1 fully saturated rings. The predicted molar refractivity (Wildman–Crippen MR) is 119 cm³/mol. The van der Waals surface area contributed by atoms with E-state index in [2.05, 4.69) is 44.8 Å². The lowest BCUT2D eigenvalue weighted by Crippen LogP contribution is -3.13. The van der Waals surface area contributed by atoms with Gasteiger partial charge in [0.2, 0.25) is 5.82 Å². The molecule has 158 valence electrons. The molecule has 2 aromatic carbocycles. The summed E-state index contributed by atoms with van der Waals surface area (Å²) in [4.78, 5) is 17.7. The Morgan fingerprint density at radius 1 is 1.06 bits per heavy atom. The Kier molecular flexibility index (Phi) is 5.34. The van der Waals surface area contributed by atoms with Gasteiger partial charge >= 0.3 is 0 Å². The number of fused-ring (bicyclic) bond motifs is 1. The van der Waals surface area contributed by atoms with Crippen LogP contribution in [0.1, 0.15) is 47.8 Å². The molecule has 7 nitrogen and oxygen atoms in total. The molecule has 3 heterocycles. The number of aryl methyl sites for hydroxylation is 1. The summed E-state index contributed by atoms with van der Waals surface area (Å²) in [5, 5.41) is 13.7. The van der Waals surface area contributed by atoms with E-state index >= 15 is 0 Å². The van der Waals surface area contributed by atoms with Crippen LogP contribution in [-0.4, -0.2) is 38.3 Å². The lowest BCUT2D eigenvalue weighted by Gasteiger charge is -2.30. The Morgan fingerprint density at radius 3 is 2.68 bits per heavy atom. The number of nitrogens with one attached hydrogen (secondary N) is 2. The van der Waals surface area contributed by atoms with Crippen molar-refractivity contribution in [1.82, 2.24) is 25.2 Å². The van der Waals surface area contributed by atoms with Gasteiger partial charge in [0.25, 0.3) is 5.56 Å². The standard InChI is InChI=1S/C24H26N6O/c1-17-10-11-19-15-20(24(31)25-21(19)14-17)22(29-12-6-3-7-13-29)23-26-27-28-30(23)16-18-8-4-2-5-9-18/h2,4-5,8-11,14-15,22H,3,6-7,12-13,16H2,1H3,(H,25,31)/p+1/t22-/m0/s1. The van der Waals surface area contributed by atoms with Crippen molar-refractivity contribution in [2.45, 2.75) is 38.8 Å². The fourth-order valence-electron chi connectivity index (χ4n) is 4.67. The van der Waals surface area contributed by atoms with Gasteiger partial charge in [-0.05, 0) is 65.3 Å². The van der Waals surface area contributed by atoms with Crippen LogP contribution in [0.4, 0.5) is 0 Å². The third-order valence-electron chi connectivity index (χ3n) is 6.24. The van der Waals surface area contributed by atoms with Crippen LogP contribution in [0.5, 0.6) is 0 Å². The van der Waals surface area contributed by atoms with E-state index in [9.17, 15) is 4.79 Å². The van der Waals surface area contributed by atoms with Gasteiger partial charge in [-0.25, -0.2) is 4.68 Å². The third-order valence-corrected chi connectivity index (χ3v) is 6.24. The summed E-state index contributed by atoms with van der Waals surface area (Å²) in [5.74, 6) is 0.748. The van der Waals surface area contributed by atoms with Crippen molar-refractivity contribution in [3.63, 3.8) is 0 Å². The minimum atomic E-state index is -0.200. The van der Waals surface area contributed by atoms with Crippen molar-refractivity contribution in [1.29, 1.82) is 0 Å². The second kappa shape index (κ2) is 8.43. The molecule has 7 heteroatoms. The Labute approximate surface area is 180 Å². The van der Waals surface area contributed by atoms with E-state index < -0.39 is 0 Å². The molecule has 0 radical (unpaired) electrons. The first kappa shape index (κ1) is 19.6. The van der Waals surface area contributed by atoms with Gasteiger partial charge in [0, 0.05) is 5.52 Å². The Hall–Kier alpha value is -3.32. The van der Waals surface area contributed by atoms with Crippen molar-refractivity contribution in [2.75, 3.05) is 13.1 Å². The van der Waals surface area contributed by atoms with Crippen LogP contribution in [0.2, 0.25) is 0 Å². The molecule has 0 aliphatic carbocycles.